The van der Waals surface area contributed by atoms with Crippen LogP contribution in [-0.4, -0.2) is 44.2 Å². The molecular weight excluding hydrogens is 416 g/mol. The Morgan fingerprint density at radius 2 is 1.62 bits per heavy atom. The molecule has 0 aromatic heterocycles. The van der Waals surface area contributed by atoms with Crippen LogP contribution >= 0.6 is 0 Å². The van der Waals surface area contributed by atoms with Crippen molar-refractivity contribution in [2.24, 2.45) is 0 Å². The third-order valence-corrected chi connectivity index (χ3v) is 5.30. The van der Waals surface area contributed by atoms with Crippen molar-refractivity contribution >= 4 is 29.1 Å². The van der Waals surface area contributed by atoms with Crippen LogP contribution < -0.4 is 0 Å². The van der Waals surface area contributed by atoms with Gasteiger partial charge in [0.25, 0.3) is 17.4 Å². The number of carboxylic acid groups (broad SMARTS) is 1. The second-order valence-electron chi connectivity index (χ2n) is 7.41. The van der Waals surface area contributed by atoms with Gasteiger partial charge in [0.2, 0.25) is 0 Å². The number of aliphatic hydroxyl groups excluding tert-OH is 1. The first-order valence-corrected chi connectivity index (χ1v) is 10.1. The van der Waals surface area contributed by atoms with Gasteiger partial charge < -0.3 is 15.1 Å². The molecule has 1 saturated heterocycles. The van der Waals surface area contributed by atoms with Crippen LogP contribution in [0.3, 0.4) is 0 Å². The number of benzene rings is 2. The molecule has 0 spiro atoms. The molecular formula is C23H22N2O7. The van der Waals surface area contributed by atoms with Crippen molar-refractivity contribution in [3.05, 3.63) is 81.4 Å². The van der Waals surface area contributed by atoms with Crippen molar-refractivity contribution in [1.29, 1.82) is 0 Å². The summed E-state index contributed by atoms with van der Waals surface area (Å²) in [4.78, 5) is 48.2. The predicted octanol–water partition coefficient (Wildman–Crippen LogP) is 3.66. The van der Waals surface area contributed by atoms with Gasteiger partial charge in [-0.25, -0.2) is 0 Å². The molecule has 1 fully saturated rings. The molecule has 2 N–H and O–H groups in total. The van der Waals surface area contributed by atoms with E-state index in [1.54, 1.807) is 30.3 Å². The largest absolute Gasteiger partial charge is 0.507 e. The van der Waals surface area contributed by atoms with E-state index >= 15 is 0 Å². The molecule has 0 aliphatic carbocycles. The van der Waals surface area contributed by atoms with Gasteiger partial charge in [-0.2, -0.15) is 0 Å². The van der Waals surface area contributed by atoms with Crippen molar-refractivity contribution in [3.63, 3.8) is 0 Å². The Kier molecular flexibility index (Phi) is 6.99. The molecule has 1 amide bonds. The maximum absolute atomic E-state index is 12.9. The van der Waals surface area contributed by atoms with Crippen LogP contribution in [0.2, 0.25) is 0 Å². The number of aliphatic carboxylic acids is 1. The normalized spacial score (nSPS) is 17.5. The van der Waals surface area contributed by atoms with E-state index in [0.717, 1.165) is 0 Å². The predicted molar refractivity (Wildman–Crippen MR) is 115 cm³/mol. The maximum Gasteiger partial charge on any atom is 0.303 e. The van der Waals surface area contributed by atoms with E-state index in [4.69, 9.17) is 5.11 Å². The lowest BCUT2D eigenvalue weighted by molar-refractivity contribution is -0.384. The molecule has 3 rings (SSSR count). The molecule has 32 heavy (non-hydrogen) atoms. The zero-order valence-electron chi connectivity index (χ0n) is 17.1. The smallest absolute Gasteiger partial charge is 0.303 e. The van der Waals surface area contributed by atoms with E-state index in [0.29, 0.717) is 30.4 Å². The summed E-state index contributed by atoms with van der Waals surface area (Å²) >= 11 is 0. The number of Topliss-reactive ketones (excluding diaryl/α,β-unsaturated/α-hetero) is 1. The van der Waals surface area contributed by atoms with Gasteiger partial charge in [0.05, 0.1) is 16.5 Å². The molecule has 1 heterocycles. The summed E-state index contributed by atoms with van der Waals surface area (Å²) in [6.45, 7) is 0.178. The van der Waals surface area contributed by atoms with Gasteiger partial charge in [0, 0.05) is 30.7 Å². The van der Waals surface area contributed by atoms with Gasteiger partial charge in [0.15, 0.2) is 0 Å². The number of nitro groups is 1. The molecule has 2 aromatic rings. The van der Waals surface area contributed by atoms with Crippen LogP contribution in [0, 0.1) is 10.1 Å². The third kappa shape index (κ3) is 4.83. The average Bonchev–Trinajstić information content (AvgIpc) is 3.03. The molecule has 1 aliphatic rings. The van der Waals surface area contributed by atoms with Crippen LogP contribution in [0.4, 0.5) is 5.69 Å². The second-order valence-corrected chi connectivity index (χ2v) is 7.41. The first-order valence-electron chi connectivity index (χ1n) is 10.1. The van der Waals surface area contributed by atoms with Crippen molar-refractivity contribution in [2.75, 3.05) is 6.54 Å². The Hall–Kier alpha value is -4.01. The monoisotopic (exact) mass is 438 g/mol. The topological polar surface area (TPSA) is 138 Å². The van der Waals surface area contributed by atoms with E-state index in [1.807, 2.05) is 0 Å². The highest BCUT2D eigenvalue weighted by Gasteiger charge is 2.45. The lowest BCUT2D eigenvalue weighted by Gasteiger charge is -2.25. The van der Waals surface area contributed by atoms with Crippen LogP contribution in [0.5, 0.6) is 0 Å². The van der Waals surface area contributed by atoms with Gasteiger partial charge in [-0.05, 0) is 30.5 Å². The van der Waals surface area contributed by atoms with Gasteiger partial charge in [-0.3, -0.25) is 24.5 Å². The van der Waals surface area contributed by atoms with E-state index in [1.165, 1.54) is 29.2 Å². The number of nitrogens with zero attached hydrogens (tertiary/aromatic N) is 2. The molecule has 1 atom stereocenters. The van der Waals surface area contributed by atoms with Crippen LogP contribution in [0.25, 0.3) is 5.76 Å². The molecule has 0 bridgehead atoms. The number of carbonyl (C=O) groups excluding carboxylic acids is 2. The zero-order valence-corrected chi connectivity index (χ0v) is 17.1. The molecule has 9 heteroatoms. The van der Waals surface area contributed by atoms with Gasteiger partial charge >= 0.3 is 5.97 Å². The highest BCUT2D eigenvalue weighted by Crippen LogP contribution is 2.39. The lowest BCUT2D eigenvalue weighted by atomic mass is 9.95. The molecule has 166 valence electrons. The Morgan fingerprint density at radius 3 is 2.22 bits per heavy atom. The molecule has 9 nitrogen and oxygen atoms in total. The number of nitro benzene ring substituents is 1. The van der Waals surface area contributed by atoms with Crippen LogP contribution in [-0.2, 0) is 14.4 Å². The Morgan fingerprint density at radius 1 is 0.969 bits per heavy atom. The number of carbonyl (C=O) groups is 3. The van der Waals surface area contributed by atoms with Gasteiger partial charge in [-0.15, -0.1) is 0 Å². The van der Waals surface area contributed by atoms with Gasteiger partial charge in [-0.1, -0.05) is 36.8 Å². The number of aliphatic hydroxyl groups is 1. The second kappa shape index (κ2) is 9.86. The number of likely N-dealkylation sites (tertiary alicyclic amines) is 1. The first kappa shape index (κ1) is 22.7. The first-order chi connectivity index (χ1) is 15.3. The summed E-state index contributed by atoms with van der Waals surface area (Å²) in [5.74, 6) is -2.83. The summed E-state index contributed by atoms with van der Waals surface area (Å²) in [7, 11) is 0. The fraction of sp³-hybridized carbons (Fsp3) is 0.261. The van der Waals surface area contributed by atoms with Crippen molar-refractivity contribution in [1.82, 2.24) is 4.90 Å². The van der Waals surface area contributed by atoms with Crippen LogP contribution in [0.1, 0.15) is 42.9 Å². The fourth-order valence-corrected chi connectivity index (χ4v) is 3.72. The number of hydrogen-bond acceptors (Lipinski definition) is 6. The molecule has 0 unspecified atom stereocenters. The fourth-order valence-electron chi connectivity index (χ4n) is 3.72. The number of non-ortho nitro benzene ring substituents is 1. The van der Waals surface area contributed by atoms with E-state index in [2.05, 4.69) is 0 Å². The molecule has 0 saturated carbocycles. The number of hydrogen-bond donors (Lipinski definition) is 2. The summed E-state index contributed by atoms with van der Waals surface area (Å²) in [5, 5.41) is 30.7. The lowest BCUT2D eigenvalue weighted by Crippen LogP contribution is -2.30. The quantitative estimate of drug-likeness (QED) is 0.152. The van der Waals surface area contributed by atoms with Crippen molar-refractivity contribution < 1.29 is 29.5 Å². The average molecular weight is 438 g/mol. The number of amides is 1. The SMILES string of the molecule is O=C(O)CCCCCN1C(=O)C(=O)C(=C(O)c2ccccc2)[C@@H]1c1ccc([N+](=O)[O-])cc1. The zero-order chi connectivity index (χ0) is 23.3. The Balaban J connectivity index is 1.98. The highest BCUT2D eigenvalue weighted by molar-refractivity contribution is 6.46. The third-order valence-electron chi connectivity index (χ3n) is 5.30. The molecule has 1 aliphatic heterocycles. The number of unbranched alkanes of at least 4 members (excludes halogenated alkanes) is 2. The minimum atomic E-state index is -0.907. The minimum Gasteiger partial charge on any atom is -0.507 e. The Bertz CT molecular complexity index is 1060. The van der Waals surface area contributed by atoms with Crippen LogP contribution in [0.15, 0.2) is 60.2 Å². The minimum absolute atomic E-state index is 0.0125. The van der Waals surface area contributed by atoms with Crippen molar-refractivity contribution in [2.45, 2.75) is 31.7 Å². The molecule has 0 radical (unpaired) electrons. The number of carboxylic acids is 1. The molecule has 2 aromatic carbocycles. The van der Waals surface area contributed by atoms with Gasteiger partial charge in [0.1, 0.15) is 5.76 Å². The summed E-state index contributed by atoms with van der Waals surface area (Å²) in [6, 6.07) is 12.9. The summed E-state index contributed by atoms with van der Waals surface area (Å²) in [6.07, 6.45) is 1.46. The number of rotatable bonds is 9. The Labute approximate surface area is 183 Å². The summed E-state index contributed by atoms with van der Waals surface area (Å²) < 4.78 is 0. The summed E-state index contributed by atoms with van der Waals surface area (Å²) in [5.41, 5.74) is 0.611. The van der Waals surface area contributed by atoms with E-state index < -0.39 is 28.6 Å². The highest BCUT2D eigenvalue weighted by atomic mass is 16.6. The number of ketones is 1. The van der Waals surface area contributed by atoms with E-state index in [9.17, 15) is 29.6 Å². The van der Waals surface area contributed by atoms with Crippen molar-refractivity contribution in [3.8, 4) is 0 Å². The standard InChI is InChI=1S/C23H22N2O7/c26-18(27)9-5-2-6-14-24-20(15-10-12-17(13-11-15)25(31)32)19(22(29)23(24)30)21(28)16-7-3-1-4-8-16/h1,3-4,7-8,10-13,20,28H,2,5-6,9,14H2,(H,26,27)/t20-/m0/s1. The van der Waals surface area contributed by atoms with E-state index in [-0.39, 0.29) is 30.0 Å². The maximum atomic E-state index is 12.9.